The van der Waals surface area contributed by atoms with E-state index < -0.39 is 11.6 Å². The van der Waals surface area contributed by atoms with Crippen molar-refractivity contribution in [2.45, 2.75) is 13.8 Å². The number of aryl methyl sites for hydroxylation is 1. The van der Waals surface area contributed by atoms with Crippen LogP contribution in [-0.4, -0.2) is 52.2 Å². The average Bonchev–Trinajstić information content (AvgIpc) is 3.06. The Kier molecular flexibility index (Phi) is 5.30. The Morgan fingerprint density at radius 3 is 2.53 bits per heavy atom. The van der Waals surface area contributed by atoms with Crippen LogP contribution in [0.2, 0.25) is 0 Å². The number of urea groups is 1. The first-order chi connectivity index (χ1) is 14.4. The van der Waals surface area contributed by atoms with E-state index >= 15 is 0 Å². The fourth-order valence-corrected chi connectivity index (χ4v) is 3.21. The Hall–Kier alpha value is -3.56. The first-order valence-corrected chi connectivity index (χ1v) is 9.43. The lowest BCUT2D eigenvalue weighted by Gasteiger charge is -2.35. The van der Waals surface area contributed by atoms with Crippen molar-refractivity contribution < 1.29 is 18.1 Å². The summed E-state index contributed by atoms with van der Waals surface area (Å²) < 4.78 is 32.4. The van der Waals surface area contributed by atoms with E-state index in [0.717, 1.165) is 17.3 Å². The van der Waals surface area contributed by atoms with Gasteiger partial charge < -0.3 is 14.3 Å². The van der Waals surface area contributed by atoms with E-state index in [9.17, 15) is 13.6 Å². The second-order valence-electron chi connectivity index (χ2n) is 7.01. The molecule has 2 aromatic heterocycles. The van der Waals surface area contributed by atoms with E-state index in [1.54, 1.807) is 17.9 Å². The van der Waals surface area contributed by atoms with Crippen LogP contribution in [0, 0.1) is 25.5 Å². The normalized spacial score (nSPS) is 14.1. The predicted molar refractivity (Wildman–Crippen MR) is 106 cm³/mol. The molecule has 1 aliphatic heterocycles. The van der Waals surface area contributed by atoms with Gasteiger partial charge in [-0.25, -0.2) is 23.5 Å². The fraction of sp³-hybridized carbons (Fsp3) is 0.300. The highest BCUT2D eigenvalue weighted by molar-refractivity contribution is 5.88. The van der Waals surface area contributed by atoms with Crippen LogP contribution in [0.15, 0.2) is 35.1 Å². The third-order valence-electron chi connectivity index (χ3n) is 5.13. The molecule has 0 saturated carbocycles. The largest absolute Gasteiger partial charge is 0.353 e. The van der Waals surface area contributed by atoms with Crippen LogP contribution in [0.3, 0.4) is 0 Å². The Morgan fingerprint density at radius 1 is 1.10 bits per heavy atom. The lowest BCUT2D eigenvalue weighted by molar-refractivity contribution is 0.207. The van der Waals surface area contributed by atoms with Crippen molar-refractivity contribution in [2.75, 3.05) is 36.4 Å². The zero-order valence-corrected chi connectivity index (χ0v) is 16.5. The summed E-state index contributed by atoms with van der Waals surface area (Å²) in [4.78, 5) is 24.5. The van der Waals surface area contributed by atoms with E-state index in [-0.39, 0.29) is 11.6 Å². The molecule has 1 saturated heterocycles. The fourth-order valence-electron chi connectivity index (χ4n) is 3.21. The number of hydrogen-bond acceptors (Lipinski definition) is 6. The number of benzene rings is 1. The molecule has 0 unspecified atom stereocenters. The van der Waals surface area contributed by atoms with Gasteiger partial charge in [0.15, 0.2) is 0 Å². The second-order valence-corrected chi connectivity index (χ2v) is 7.01. The van der Waals surface area contributed by atoms with Crippen molar-refractivity contribution in [2.24, 2.45) is 0 Å². The highest BCUT2D eigenvalue weighted by Gasteiger charge is 2.24. The zero-order chi connectivity index (χ0) is 21.3. The highest BCUT2D eigenvalue weighted by Crippen LogP contribution is 2.25. The summed E-state index contributed by atoms with van der Waals surface area (Å²) in [5.74, 6) is -0.359. The molecule has 8 nitrogen and oxygen atoms in total. The molecule has 0 spiro atoms. The monoisotopic (exact) mass is 414 g/mol. The molecule has 1 N–H and O–H groups in total. The van der Waals surface area contributed by atoms with Crippen molar-refractivity contribution >= 4 is 17.7 Å². The van der Waals surface area contributed by atoms with Gasteiger partial charge in [-0.05, 0) is 26.0 Å². The Morgan fingerprint density at radius 2 is 1.87 bits per heavy atom. The molecule has 1 aromatic carbocycles. The van der Waals surface area contributed by atoms with Crippen LogP contribution in [0.4, 0.5) is 25.3 Å². The van der Waals surface area contributed by atoms with Gasteiger partial charge in [-0.1, -0.05) is 5.16 Å². The molecule has 156 valence electrons. The number of rotatable bonds is 3. The minimum Gasteiger partial charge on any atom is -0.353 e. The summed E-state index contributed by atoms with van der Waals surface area (Å²) in [6, 6.07) is 4.77. The van der Waals surface area contributed by atoms with Gasteiger partial charge in [-0.15, -0.1) is 0 Å². The smallest absolute Gasteiger partial charge is 0.324 e. The number of anilines is 2. The van der Waals surface area contributed by atoms with Gasteiger partial charge >= 0.3 is 6.03 Å². The molecule has 30 heavy (non-hydrogen) atoms. The van der Waals surface area contributed by atoms with Crippen LogP contribution < -0.4 is 10.2 Å². The second kappa shape index (κ2) is 8.05. The molecule has 4 rings (SSSR count). The van der Waals surface area contributed by atoms with Gasteiger partial charge in [0, 0.05) is 49.4 Å². The van der Waals surface area contributed by atoms with Gasteiger partial charge in [0.25, 0.3) is 0 Å². The van der Waals surface area contributed by atoms with E-state index in [4.69, 9.17) is 4.52 Å². The predicted octanol–water partition coefficient (Wildman–Crippen LogP) is 3.38. The average molecular weight is 414 g/mol. The van der Waals surface area contributed by atoms with Crippen molar-refractivity contribution in [1.29, 1.82) is 0 Å². The molecule has 1 aliphatic rings. The minimum atomic E-state index is -0.681. The number of aromatic nitrogens is 3. The van der Waals surface area contributed by atoms with Gasteiger partial charge in [0.05, 0.1) is 11.4 Å². The number of nitrogens with one attached hydrogen (secondary N) is 1. The van der Waals surface area contributed by atoms with E-state index in [2.05, 4.69) is 20.4 Å². The van der Waals surface area contributed by atoms with Gasteiger partial charge in [0.2, 0.25) is 5.88 Å². The number of amides is 2. The summed E-state index contributed by atoms with van der Waals surface area (Å²) in [5, 5.41) is 6.57. The topological polar surface area (TPSA) is 87.4 Å². The first-order valence-electron chi connectivity index (χ1n) is 9.43. The lowest BCUT2D eigenvalue weighted by atomic mass is 10.1. The van der Waals surface area contributed by atoms with Crippen molar-refractivity contribution in [1.82, 2.24) is 20.0 Å². The number of carbonyl (C=O) groups is 1. The van der Waals surface area contributed by atoms with Crippen molar-refractivity contribution in [3.63, 3.8) is 0 Å². The number of hydrogen-bond donors (Lipinski definition) is 1. The van der Waals surface area contributed by atoms with E-state index in [0.29, 0.717) is 43.6 Å². The Bertz CT molecular complexity index is 1080. The number of halogens is 2. The molecule has 3 aromatic rings. The highest BCUT2D eigenvalue weighted by atomic mass is 19.1. The van der Waals surface area contributed by atoms with Crippen LogP contribution in [-0.2, 0) is 0 Å². The Labute approximate surface area is 171 Å². The standard InChI is InChI=1S/C20H20F2N6O2/c1-12-13(2)26-30-19(12)25-20(29)28-7-5-27(6-8-28)18-10-17(23-11-24-18)15-4-3-14(21)9-16(15)22/h3-4,9-11H,5-8H2,1-2H3,(H,25,29). The summed E-state index contributed by atoms with van der Waals surface area (Å²) in [6.45, 7) is 5.68. The Balaban J connectivity index is 1.42. The van der Waals surface area contributed by atoms with Crippen LogP contribution in [0.25, 0.3) is 11.3 Å². The summed E-state index contributed by atoms with van der Waals surface area (Å²) in [7, 11) is 0. The van der Waals surface area contributed by atoms with Gasteiger partial charge in [0.1, 0.15) is 23.8 Å². The van der Waals surface area contributed by atoms with E-state index in [1.165, 1.54) is 18.5 Å². The molecule has 1 fully saturated rings. The van der Waals surface area contributed by atoms with Gasteiger partial charge in [-0.2, -0.15) is 0 Å². The summed E-state index contributed by atoms with van der Waals surface area (Å²) in [5.41, 5.74) is 2.10. The molecule has 0 radical (unpaired) electrons. The third-order valence-corrected chi connectivity index (χ3v) is 5.13. The molecule has 2 amide bonds. The number of piperazine rings is 1. The quantitative estimate of drug-likeness (QED) is 0.707. The molecule has 0 bridgehead atoms. The molecule has 10 heteroatoms. The van der Waals surface area contributed by atoms with Gasteiger partial charge in [-0.3, -0.25) is 5.32 Å². The lowest BCUT2D eigenvalue weighted by Crippen LogP contribution is -2.50. The van der Waals surface area contributed by atoms with Crippen molar-refractivity contribution in [3.05, 3.63) is 53.5 Å². The molecular formula is C20H20F2N6O2. The maximum atomic E-state index is 14.1. The maximum Gasteiger partial charge on any atom is 0.324 e. The molecular weight excluding hydrogens is 394 g/mol. The summed E-state index contributed by atoms with van der Waals surface area (Å²) in [6.07, 6.45) is 1.35. The van der Waals surface area contributed by atoms with Crippen molar-refractivity contribution in [3.8, 4) is 11.3 Å². The van der Waals surface area contributed by atoms with Crippen LogP contribution >= 0.6 is 0 Å². The maximum absolute atomic E-state index is 14.1. The van der Waals surface area contributed by atoms with Crippen LogP contribution in [0.5, 0.6) is 0 Å². The molecule has 3 heterocycles. The SMILES string of the molecule is Cc1noc(NC(=O)N2CCN(c3cc(-c4ccc(F)cc4F)ncn3)CC2)c1C. The molecule has 0 aliphatic carbocycles. The third kappa shape index (κ3) is 3.93. The number of nitrogens with zero attached hydrogens (tertiary/aromatic N) is 5. The molecule has 0 atom stereocenters. The zero-order valence-electron chi connectivity index (χ0n) is 16.5. The summed E-state index contributed by atoms with van der Waals surface area (Å²) >= 11 is 0. The first kappa shape index (κ1) is 19.7. The van der Waals surface area contributed by atoms with Crippen LogP contribution in [0.1, 0.15) is 11.3 Å². The minimum absolute atomic E-state index is 0.204. The van der Waals surface area contributed by atoms with E-state index in [1.807, 2.05) is 11.8 Å². The number of carbonyl (C=O) groups excluding carboxylic acids is 1.